The van der Waals surface area contributed by atoms with Crippen LogP contribution in [0.2, 0.25) is 0 Å². The molecule has 1 unspecified atom stereocenters. The molecule has 1 rings (SSSR count). The summed E-state index contributed by atoms with van der Waals surface area (Å²) in [5.74, 6) is 0.0638. The zero-order valence-electron chi connectivity index (χ0n) is 9.44. The van der Waals surface area contributed by atoms with E-state index in [9.17, 15) is 4.79 Å². The van der Waals surface area contributed by atoms with Gasteiger partial charge in [-0.1, -0.05) is 0 Å². The minimum absolute atomic E-state index is 0.0638. The summed E-state index contributed by atoms with van der Waals surface area (Å²) in [4.78, 5) is 11.7. The van der Waals surface area contributed by atoms with E-state index in [1.807, 2.05) is 20.8 Å². The molecule has 0 spiro atoms. The minimum atomic E-state index is -0.502. The maximum absolute atomic E-state index is 11.7. The van der Waals surface area contributed by atoms with Gasteiger partial charge in [-0.25, -0.2) is 0 Å². The van der Waals surface area contributed by atoms with Crippen LogP contribution in [0.3, 0.4) is 0 Å². The minimum Gasteiger partial charge on any atom is -0.379 e. The van der Waals surface area contributed by atoms with Gasteiger partial charge in [0.25, 0.3) is 0 Å². The number of amides is 1. The summed E-state index contributed by atoms with van der Waals surface area (Å²) in [5, 5.41) is 6.11. The van der Waals surface area contributed by atoms with E-state index in [1.54, 1.807) is 7.11 Å². The molecule has 1 heterocycles. The Labute approximate surface area is 85.4 Å². The molecular weight excluding hydrogens is 180 g/mol. The number of rotatable bonds is 3. The van der Waals surface area contributed by atoms with E-state index >= 15 is 0 Å². The zero-order chi connectivity index (χ0) is 10.8. The van der Waals surface area contributed by atoms with Gasteiger partial charge >= 0.3 is 0 Å². The fourth-order valence-corrected chi connectivity index (χ4v) is 1.86. The van der Waals surface area contributed by atoms with Crippen molar-refractivity contribution in [3.63, 3.8) is 0 Å². The van der Waals surface area contributed by atoms with Gasteiger partial charge in [-0.05, 0) is 20.8 Å². The molecule has 1 atom stereocenters. The number of hydrogen-bond donors (Lipinski definition) is 2. The summed E-state index contributed by atoms with van der Waals surface area (Å²) in [6, 6.07) is 0. The summed E-state index contributed by atoms with van der Waals surface area (Å²) in [5.41, 5.74) is -0.784. The van der Waals surface area contributed by atoms with Crippen LogP contribution in [0.4, 0.5) is 0 Å². The highest BCUT2D eigenvalue weighted by molar-refractivity contribution is 5.86. The van der Waals surface area contributed by atoms with Crippen LogP contribution in [0.15, 0.2) is 0 Å². The lowest BCUT2D eigenvalue weighted by molar-refractivity contribution is -0.131. The lowest BCUT2D eigenvalue weighted by Gasteiger charge is -2.39. The first-order valence-corrected chi connectivity index (χ1v) is 4.98. The van der Waals surface area contributed by atoms with E-state index in [-0.39, 0.29) is 11.5 Å². The maximum Gasteiger partial charge on any atom is 0.240 e. The van der Waals surface area contributed by atoms with Crippen molar-refractivity contribution < 1.29 is 9.53 Å². The Morgan fingerprint density at radius 1 is 1.50 bits per heavy atom. The second-order valence-corrected chi connectivity index (χ2v) is 4.66. The first kappa shape index (κ1) is 11.5. The van der Waals surface area contributed by atoms with Crippen molar-refractivity contribution in [1.29, 1.82) is 0 Å². The molecule has 1 saturated heterocycles. The Hall–Kier alpha value is -0.610. The van der Waals surface area contributed by atoms with E-state index in [0.717, 1.165) is 6.54 Å². The van der Waals surface area contributed by atoms with E-state index in [0.29, 0.717) is 13.0 Å². The molecule has 0 saturated carbocycles. The number of carbonyl (C=O) groups is 1. The van der Waals surface area contributed by atoms with E-state index < -0.39 is 5.54 Å². The van der Waals surface area contributed by atoms with Gasteiger partial charge in [0.1, 0.15) is 0 Å². The van der Waals surface area contributed by atoms with Crippen LogP contribution in [0.25, 0.3) is 0 Å². The quantitative estimate of drug-likeness (QED) is 0.688. The molecule has 0 bridgehead atoms. The largest absolute Gasteiger partial charge is 0.379 e. The molecule has 0 aromatic rings. The van der Waals surface area contributed by atoms with Crippen LogP contribution in [0.1, 0.15) is 27.2 Å². The van der Waals surface area contributed by atoms with Crippen LogP contribution >= 0.6 is 0 Å². The second kappa shape index (κ2) is 3.87. The number of hydrogen-bond acceptors (Lipinski definition) is 3. The predicted molar refractivity (Wildman–Crippen MR) is 55.1 cm³/mol. The number of nitrogens with one attached hydrogen (secondary N) is 2. The fraction of sp³-hybridized carbons (Fsp3) is 0.900. The van der Waals surface area contributed by atoms with E-state index in [2.05, 4.69) is 10.6 Å². The van der Waals surface area contributed by atoms with Crippen molar-refractivity contribution in [2.45, 2.75) is 38.3 Å². The topological polar surface area (TPSA) is 50.4 Å². The van der Waals surface area contributed by atoms with Gasteiger partial charge in [-0.3, -0.25) is 4.79 Å². The van der Waals surface area contributed by atoms with Crippen molar-refractivity contribution in [2.24, 2.45) is 0 Å². The summed E-state index contributed by atoms with van der Waals surface area (Å²) in [7, 11) is 1.67. The Balaban J connectivity index is 2.68. The number of piperazine rings is 1. The molecule has 0 aromatic carbocycles. The highest BCUT2D eigenvalue weighted by Gasteiger charge is 2.40. The molecule has 0 aromatic heterocycles. The molecule has 4 heteroatoms. The van der Waals surface area contributed by atoms with Crippen LogP contribution in [0, 0.1) is 0 Å². The fourth-order valence-electron chi connectivity index (χ4n) is 1.86. The zero-order valence-corrected chi connectivity index (χ0v) is 9.44. The van der Waals surface area contributed by atoms with Crippen LogP contribution in [-0.2, 0) is 9.53 Å². The van der Waals surface area contributed by atoms with Gasteiger partial charge < -0.3 is 15.4 Å². The van der Waals surface area contributed by atoms with Crippen LogP contribution in [0.5, 0.6) is 0 Å². The lowest BCUT2D eigenvalue weighted by Crippen LogP contribution is -2.63. The van der Waals surface area contributed by atoms with Gasteiger partial charge in [0.15, 0.2) is 0 Å². The Bertz CT molecular complexity index is 228. The van der Waals surface area contributed by atoms with Crippen molar-refractivity contribution in [3.8, 4) is 0 Å². The van der Waals surface area contributed by atoms with Crippen molar-refractivity contribution in [2.75, 3.05) is 20.2 Å². The molecule has 14 heavy (non-hydrogen) atoms. The summed E-state index contributed by atoms with van der Waals surface area (Å²) < 4.78 is 5.33. The van der Waals surface area contributed by atoms with E-state index in [1.165, 1.54) is 0 Å². The van der Waals surface area contributed by atoms with Crippen molar-refractivity contribution >= 4 is 5.91 Å². The SMILES string of the molecule is COC(C)(C)CC1(C)NCCNC1=O. The third kappa shape index (κ3) is 2.45. The summed E-state index contributed by atoms with van der Waals surface area (Å²) in [6.45, 7) is 7.43. The molecule has 0 radical (unpaired) electrons. The van der Waals surface area contributed by atoms with Gasteiger partial charge in [-0.2, -0.15) is 0 Å². The Morgan fingerprint density at radius 3 is 2.64 bits per heavy atom. The second-order valence-electron chi connectivity index (χ2n) is 4.66. The normalized spacial score (nSPS) is 28.7. The molecular formula is C10H20N2O2. The number of ether oxygens (including phenoxy) is 1. The molecule has 1 amide bonds. The maximum atomic E-state index is 11.7. The van der Waals surface area contributed by atoms with Crippen molar-refractivity contribution in [3.05, 3.63) is 0 Å². The summed E-state index contributed by atoms with van der Waals surface area (Å²) in [6.07, 6.45) is 0.669. The third-order valence-electron chi connectivity index (χ3n) is 2.76. The average molecular weight is 200 g/mol. The standard InChI is InChI=1S/C10H20N2O2/c1-9(2,14-4)7-10(3)8(13)11-5-6-12-10/h12H,5-7H2,1-4H3,(H,11,13). The molecule has 2 N–H and O–H groups in total. The predicted octanol–water partition coefficient (Wildman–Crippen LogP) is 0.280. The molecule has 4 nitrogen and oxygen atoms in total. The highest BCUT2D eigenvalue weighted by Crippen LogP contribution is 2.24. The smallest absolute Gasteiger partial charge is 0.240 e. The molecule has 1 aliphatic rings. The average Bonchev–Trinajstić information content (AvgIpc) is 2.10. The molecule has 0 aliphatic carbocycles. The first-order chi connectivity index (χ1) is 6.40. The van der Waals surface area contributed by atoms with Crippen molar-refractivity contribution in [1.82, 2.24) is 10.6 Å². The Morgan fingerprint density at radius 2 is 2.14 bits per heavy atom. The molecule has 1 fully saturated rings. The van der Waals surface area contributed by atoms with Crippen LogP contribution < -0.4 is 10.6 Å². The number of carbonyl (C=O) groups excluding carboxylic acids is 1. The third-order valence-corrected chi connectivity index (χ3v) is 2.76. The van der Waals surface area contributed by atoms with E-state index in [4.69, 9.17) is 4.74 Å². The van der Waals surface area contributed by atoms with Gasteiger partial charge in [0.05, 0.1) is 11.1 Å². The molecule has 82 valence electrons. The molecule has 1 aliphatic heterocycles. The van der Waals surface area contributed by atoms with Crippen LogP contribution in [-0.4, -0.2) is 37.2 Å². The number of methoxy groups -OCH3 is 1. The Kier molecular flexibility index (Phi) is 3.17. The lowest BCUT2D eigenvalue weighted by atomic mass is 9.86. The first-order valence-electron chi connectivity index (χ1n) is 4.98. The van der Waals surface area contributed by atoms with Gasteiger partial charge in [0.2, 0.25) is 5.91 Å². The highest BCUT2D eigenvalue weighted by atomic mass is 16.5. The van der Waals surface area contributed by atoms with Gasteiger partial charge in [0, 0.05) is 26.6 Å². The summed E-state index contributed by atoms with van der Waals surface area (Å²) >= 11 is 0. The van der Waals surface area contributed by atoms with Gasteiger partial charge in [-0.15, -0.1) is 0 Å². The monoisotopic (exact) mass is 200 g/mol.